The Balaban J connectivity index is 1.73. The zero-order chi connectivity index (χ0) is 27.7. The van der Waals surface area contributed by atoms with Gasteiger partial charge in [-0.3, -0.25) is 9.78 Å². The summed E-state index contributed by atoms with van der Waals surface area (Å²) in [5.41, 5.74) is 1.38. The fourth-order valence-corrected chi connectivity index (χ4v) is 4.11. The van der Waals surface area contributed by atoms with Gasteiger partial charge in [-0.25, -0.2) is 9.59 Å². The first-order valence-electron chi connectivity index (χ1n) is 12.1. The van der Waals surface area contributed by atoms with Crippen LogP contribution in [0.25, 0.3) is 0 Å². The van der Waals surface area contributed by atoms with Crippen LogP contribution in [0.3, 0.4) is 0 Å². The molecular weight excluding hydrogens is 505 g/mol. The van der Waals surface area contributed by atoms with Crippen molar-refractivity contribution in [1.82, 2.24) is 25.4 Å². The van der Waals surface area contributed by atoms with Crippen molar-refractivity contribution in [3.05, 3.63) is 58.9 Å². The smallest absolute Gasteiger partial charge is 0.418 e. The first-order chi connectivity index (χ1) is 18.1. The number of benzene rings is 1. The molecule has 2 heterocycles. The monoisotopic (exact) mass is 536 g/mol. The van der Waals surface area contributed by atoms with Crippen molar-refractivity contribution in [2.75, 3.05) is 45.2 Å². The second kappa shape index (κ2) is 13.0. The lowest BCUT2D eigenvalue weighted by molar-refractivity contribution is -0.140. The molecule has 38 heavy (non-hydrogen) atoms. The summed E-state index contributed by atoms with van der Waals surface area (Å²) in [4.78, 5) is 43.5. The molecule has 0 saturated carbocycles. The van der Waals surface area contributed by atoms with Crippen LogP contribution in [-0.4, -0.2) is 72.6 Å². The number of rotatable bonds is 9. The third-order valence-corrected chi connectivity index (χ3v) is 6.00. The number of nitrogens with one attached hydrogen (secondary N) is 3. The summed E-state index contributed by atoms with van der Waals surface area (Å²) in [6.45, 7) is 2.35. The van der Waals surface area contributed by atoms with Crippen molar-refractivity contribution < 1.29 is 32.3 Å². The van der Waals surface area contributed by atoms with Gasteiger partial charge in [0.25, 0.3) is 0 Å². The summed E-state index contributed by atoms with van der Waals surface area (Å²) >= 11 is 0. The zero-order valence-corrected chi connectivity index (χ0v) is 21.2. The second-order valence-corrected chi connectivity index (χ2v) is 8.50. The van der Waals surface area contributed by atoms with Crippen molar-refractivity contribution in [1.29, 1.82) is 0 Å². The maximum absolute atomic E-state index is 13.5. The van der Waals surface area contributed by atoms with Gasteiger partial charge >= 0.3 is 18.3 Å². The Morgan fingerprint density at radius 2 is 1.97 bits per heavy atom. The van der Waals surface area contributed by atoms with Crippen LogP contribution in [0.1, 0.15) is 29.3 Å². The minimum atomic E-state index is -4.64. The van der Waals surface area contributed by atoms with Crippen molar-refractivity contribution in [3.63, 3.8) is 0 Å². The summed E-state index contributed by atoms with van der Waals surface area (Å²) < 4.78 is 45.4. The molecule has 0 radical (unpaired) electrons. The number of aromatic nitrogens is 1. The molecule has 0 saturated heterocycles. The first-order valence-corrected chi connectivity index (χ1v) is 12.1. The molecule has 1 aliphatic heterocycles. The number of hydrogen-bond acceptors (Lipinski definition) is 6. The van der Waals surface area contributed by atoms with Crippen LogP contribution in [-0.2, 0) is 35.2 Å². The van der Waals surface area contributed by atoms with Gasteiger partial charge in [-0.1, -0.05) is 12.1 Å². The molecule has 1 aromatic heterocycles. The van der Waals surface area contributed by atoms with E-state index in [1.807, 2.05) is 25.1 Å². The third-order valence-electron chi connectivity index (χ3n) is 6.00. The van der Waals surface area contributed by atoms with E-state index in [2.05, 4.69) is 20.9 Å². The van der Waals surface area contributed by atoms with Gasteiger partial charge in [-0.05, 0) is 42.7 Å². The highest BCUT2D eigenvalue weighted by atomic mass is 19.4. The van der Waals surface area contributed by atoms with Gasteiger partial charge in [-0.2, -0.15) is 13.2 Å². The lowest BCUT2D eigenvalue weighted by Gasteiger charge is -2.30. The highest BCUT2D eigenvalue weighted by Crippen LogP contribution is 2.31. The number of carbonyl (C=O) groups excluding carboxylic acids is 3. The molecule has 10 nitrogen and oxygen atoms in total. The van der Waals surface area contributed by atoms with E-state index in [4.69, 9.17) is 4.74 Å². The number of alkyl halides is 3. The minimum absolute atomic E-state index is 0.129. The van der Waals surface area contributed by atoms with Crippen molar-refractivity contribution in [2.24, 2.45) is 0 Å². The Hall–Kier alpha value is -4.03. The van der Waals surface area contributed by atoms with Crippen LogP contribution in [0.5, 0.6) is 0 Å². The van der Waals surface area contributed by atoms with Crippen molar-refractivity contribution in [2.45, 2.75) is 32.6 Å². The Bertz CT molecular complexity index is 1140. The van der Waals surface area contributed by atoms with E-state index in [0.717, 1.165) is 17.2 Å². The fourth-order valence-electron chi connectivity index (χ4n) is 4.11. The summed E-state index contributed by atoms with van der Waals surface area (Å²) in [6, 6.07) is 7.48. The maximum Gasteiger partial charge on any atom is 0.418 e. The topological polar surface area (TPSA) is 116 Å². The Kier molecular flexibility index (Phi) is 9.74. The number of hydrogen-bond donors (Lipinski definition) is 3. The number of amides is 4. The SMILES string of the molecule is CCNC(=O)N1CCc2c(cccc2NCC(=O)N(CCOC(=O)NC)Cc2ncccc2C(F)(F)F)C1. The normalized spacial score (nSPS) is 12.8. The van der Waals surface area contributed by atoms with E-state index in [1.165, 1.54) is 24.2 Å². The quantitative estimate of drug-likeness (QED) is 0.454. The molecule has 1 aliphatic rings. The van der Waals surface area contributed by atoms with E-state index in [1.54, 1.807) is 4.90 Å². The van der Waals surface area contributed by atoms with Crippen LogP contribution in [0.4, 0.5) is 28.4 Å². The predicted octanol–water partition coefficient (Wildman–Crippen LogP) is 2.98. The van der Waals surface area contributed by atoms with Gasteiger partial charge in [0.2, 0.25) is 5.91 Å². The molecule has 0 bridgehead atoms. The molecular formula is C25H31F3N6O4. The van der Waals surface area contributed by atoms with Gasteiger partial charge in [-0.15, -0.1) is 0 Å². The molecule has 3 N–H and O–H groups in total. The van der Waals surface area contributed by atoms with Crippen molar-refractivity contribution >= 4 is 23.7 Å². The number of fused-ring (bicyclic) bond motifs is 1. The third kappa shape index (κ3) is 7.49. The fraction of sp³-hybridized carbons (Fsp3) is 0.440. The van der Waals surface area contributed by atoms with E-state index in [0.29, 0.717) is 31.7 Å². The highest BCUT2D eigenvalue weighted by molar-refractivity contribution is 5.81. The molecule has 0 unspecified atom stereocenters. The van der Waals surface area contributed by atoms with Crippen LogP contribution in [0.2, 0.25) is 0 Å². The molecule has 3 rings (SSSR count). The summed E-state index contributed by atoms with van der Waals surface area (Å²) in [7, 11) is 1.37. The first kappa shape index (κ1) is 28.5. The number of carbonyl (C=O) groups is 3. The molecule has 0 fully saturated rings. The molecule has 2 aromatic rings. The van der Waals surface area contributed by atoms with E-state index >= 15 is 0 Å². The van der Waals surface area contributed by atoms with Crippen molar-refractivity contribution in [3.8, 4) is 0 Å². The van der Waals surface area contributed by atoms with Crippen LogP contribution >= 0.6 is 0 Å². The largest absolute Gasteiger partial charge is 0.448 e. The standard InChI is InChI=1S/C25H31F3N6O4/c1-3-30-23(36)34-11-9-18-17(15-34)6-4-8-20(18)32-14-22(35)33(12-13-38-24(37)29-2)16-21-19(25(26,27)28)7-5-10-31-21/h4-8,10,32H,3,9,11-16H2,1-2H3,(H,29,37)(H,30,36). The molecule has 0 aliphatic carbocycles. The lowest BCUT2D eigenvalue weighted by atomic mass is 9.98. The number of ether oxygens (including phenoxy) is 1. The Labute approximate surface area is 218 Å². The van der Waals surface area contributed by atoms with E-state index in [9.17, 15) is 27.6 Å². The van der Waals surface area contributed by atoms with Gasteiger partial charge in [0.15, 0.2) is 0 Å². The average Bonchev–Trinajstić information content (AvgIpc) is 2.90. The summed E-state index contributed by atoms with van der Waals surface area (Å²) in [5.74, 6) is -0.498. The van der Waals surface area contributed by atoms with E-state index in [-0.39, 0.29) is 31.4 Å². The number of alkyl carbamates (subject to hydrolysis) is 1. The molecule has 1 aromatic carbocycles. The predicted molar refractivity (Wildman–Crippen MR) is 133 cm³/mol. The molecule has 0 atom stereocenters. The molecule has 13 heteroatoms. The lowest BCUT2D eigenvalue weighted by Crippen LogP contribution is -2.43. The van der Waals surface area contributed by atoms with Gasteiger partial charge in [0.1, 0.15) is 6.61 Å². The van der Waals surface area contributed by atoms with Crippen LogP contribution in [0, 0.1) is 0 Å². The van der Waals surface area contributed by atoms with Gasteiger partial charge < -0.3 is 30.5 Å². The number of nitrogens with zero attached hydrogens (tertiary/aromatic N) is 3. The van der Waals surface area contributed by atoms with E-state index < -0.39 is 30.3 Å². The molecule has 4 amide bonds. The van der Waals surface area contributed by atoms with Crippen LogP contribution < -0.4 is 16.0 Å². The Morgan fingerprint density at radius 1 is 1.18 bits per heavy atom. The van der Waals surface area contributed by atoms with Gasteiger partial charge in [0.05, 0.1) is 30.9 Å². The number of pyridine rings is 1. The number of halogens is 3. The molecule has 206 valence electrons. The van der Waals surface area contributed by atoms with Crippen LogP contribution in [0.15, 0.2) is 36.5 Å². The maximum atomic E-state index is 13.5. The summed E-state index contributed by atoms with van der Waals surface area (Å²) in [6.07, 6.45) is -3.55. The highest BCUT2D eigenvalue weighted by Gasteiger charge is 2.34. The average molecular weight is 537 g/mol. The number of anilines is 1. The Morgan fingerprint density at radius 3 is 2.68 bits per heavy atom. The second-order valence-electron chi connectivity index (χ2n) is 8.50. The number of urea groups is 1. The minimum Gasteiger partial charge on any atom is -0.448 e. The zero-order valence-electron chi connectivity index (χ0n) is 21.2. The molecule has 0 spiro atoms. The summed E-state index contributed by atoms with van der Waals surface area (Å²) in [5, 5.41) is 8.15. The van der Waals surface area contributed by atoms with Gasteiger partial charge in [0, 0.05) is 38.6 Å².